The number of thioether (sulfide) groups is 1. The first kappa shape index (κ1) is 18.0. The number of carbonyl (C=O) groups excluding carboxylic acids is 3. The normalized spacial score (nSPS) is 13.8. The molecule has 1 N–H and O–H groups in total. The van der Waals surface area contributed by atoms with E-state index in [1.807, 2.05) is 30.3 Å². The fourth-order valence-electron chi connectivity index (χ4n) is 2.73. The van der Waals surface area contributed by atoms with E-state index < -0.39 is 0 Å². The van der Waals surface area contributed by atoms with E-state index >= 15 is 0 Å². The van der Waals surface area contributed by atoms with Crippen LogP contribution in [0.5, 0.6) is 0 Å². The molecular weight excluding hydrogens is 378 g/mol. The second-order valence-electron chi connectivity index (χ2n) is 6.13. The van der Waals surface area contributed by atoms with Gasteiger partial charge in [0.2, 0.25) is 5.91 Å². The summed E-state index contributed by atoms with van der Waals surface area (Å²) in [7, 11) is 0. The number of nitrogens with one attached hydrogen (secondary N) is 1. The van der Waals surface area contributed by atoms with Crippen LogP contribution in [-0.4, -0.2) is 32.9 Å². The number of benzene rings is 2. The van der Waals surface area contributed by atoms with Crippen LogP contribution in [0.15, 0.2) is 65.2 Å². The number of hydrogen-bond donors (Lipinski definition) is 1. The van der Waals surface area contributed by atoms with Crippen LogP contribution in [0.2, 0.25) is 0 Å². The zero-order chi connectivity index (χ0) is 19.5. The van der Waals surface area contributed by atoms with Gasteiger partial charge in [-0.1, -0.05) is 59.4 Å². The maximum Gasteiger partial charge on any atom is 0.289 e. The van der Waals surface area contributed by atoms with Crippen molar-refractivity contribution in [3.05, 3.63) is 71.9 Å². The lowest BCUT2D eigenvalue weighted by atomic mass is 10.1. The van der Waals surface area contributed by atoms with Gasteiger partial charge in [0.05, 0.1) is 12.3 Å². The average molecular weight is 393 g/mol. The van der Waals surface area contributed by atoms with Crippen LogP contribution in [-0.2, 0) is 11.3 Å². The molecule has 1 aliphatic rings. The predicted molar refractivity (Wildman–Crippen MR) is 105 cm³/mol. The summed E-state index contributed by atoms with van der Waals surface area (Å²) in [6, 6.07) is 17.9. The second kappa shape index (κ2) is 7.69. The molecule has 8 heteroatoms. The zero-order valence-electron chi connectivity index (χ0n) is 14.6. The molecule has 0 unspecified atom stereocenters. The minimum atomic E-state index is -0.389. The maximum atomic E-state index is 12.4. The Labute approximate surface area is 164 Å². The smallest absolute Gasteiger partial charge is 0.289 e. The number of rotatable bonds is 5. The third-order valence-corrected chi connectivity index (χ3v) is 5.05. The van der Waals surface area contributed by atoms with Crippen molar-refractivity contribution >= 4 is 34.5 Å². The Morgan fingerprint density at radius 3 is 2.54 bits per heavy atom. The highest BCUT2D eigenvalue weighted by Crippen LogP contribution is 2.23. The number of nitrogens with zero attached hydrogens (tertiary/aromatic N) is 2. The van der Waals surface area contributed by atoms with E-state index in [9.17, 15) is 14.4 Å². The van der Waals surface area contributed by atoms with E-state index in [2.05, 4.69) is 10.5 Å². The predicted octanol–water partition coefficient (Wildman–Crippen LogP) is 3.79. The monoisotopic (exact) mass is 393 g/mol. The molecule has 7 nitrogen and oxygen atoms in total. The Kier molecular flexibility index (Phi) is 4.94. The molecule has 0 aliphatic carbocycles. The number of hydrogen-bond acceptors (Lipinski definition) is 6. The first-order chi connectivity index (χ1) is 13.6. The van der Waals surface area contributed by atoms with Gasteiger partial charge in [0.1, 0.15) is 0 Å². The minimum absolute atomic E-state index is 0.174. The molecule has 2 heterocycles. The van der Waals surface area contributed by atoms with Crippen molar-refractivity contribution in [3.63, 3.8) is 0 Å². The molecule has 3 aromatic rings. The molecule has 1 aromatic heterocycles. The van der Waals surface area contributed by atoms with Crippen LogP contribution >= 0.6 is 11.8 Å². The number of aromatic nitrogens is 1. The highest BCUT2D eigenvalue weighted by atomic mass is 32.2. The molecule has 4 rings (SSSR count). The molecule has 0 radical (unpaired) electrons. The van der Waals surface area contributed by atoms with E-state index in [-0.39, 0.29) is 35.0 Å². The highest BCUT2D eigenvalue weighted by Gasteiger charge is 2.29. The fraction of sp³-hybridized carbons (Fsp3) is 0.100. The lowest BCUT2D eigenvalue weighted by Gasteiger charge is -2.13. The van der Waals surface area contributed by atoms with Gasteiger partial charge in [0.25, 0.3) is 11.1 Å². The van der Waals surface area contributed by atoms with E-state index in [1.54, 1.807) is 30.3 Å². The van der Waals surface area contributed by atoms with Gasteiger partial charge in [-0.15, -0.1) is 0 Å². The molecule has 3 amide bonds. The van der Waals surface area contributed by atoms with Gasteiger partial charge in [-0.3, -0.25) is 19.3 Å². The largest absolute Gasteiger partial charge is 0.355 e. The average Bonchev–Trinajstić information content (AvgIpc) is 3.33. The van der Waals surface area contributed by atoms with Gasteiger partial charge in [-0.2, -0.15) is 0 Å². The standard InChI is InChI=1S/C20H15N3O4S/c24-18-12-28-20(26)23(18)11-13-6-8-15(9-7-13)21-19(25)16-10-17(27-22-16)14-4-2-1-3-5-14/h1-10H,11-12H2,(H,21,25). The van der Waals surface area contributed by atoms with Crippen molar-refractivity contribution in [2.45, 2.75) is 6.54 Å². The van der Waals surface area contributed by atoms with E-state index in [0.717, 1.165) is 22.9 Å². The first-order valence-electron chi connectivity index (χ1n) is 8.50. The number of anilines is 1. The summed E-state index contributed by atoms with van der Waals surface area (Å²) in [4.78, 5) is 36.9. The molecule has 28 heavy (non-hydrogen) atoms. The molecule has 0 saturated carbocycles. The number of carbonyl (C=O) groups is 3. The SMILES string of the molecule is O=C(Nc1ccc(CN2C(=O)CSC2=O)cc1)c1cc(-c2ccccc2)on1. The molecule has 1 fully saturated rings. The van der Waals surface area contributed by atoms with Gasteiger partial charge in [0, 0.05) is 17.3 Å². The van der Waals surface area contributed by atoms with E-state index in [0.29, 0.717) is 11.4 Å². The Morgan fingerprint density at radius 2 is 1.86 bits per heavy atom. The quantitative estimate of drug-likeness (QED) is 0.709. The molecular formula is C20H15N3O4S. The van der Waals surface area contributed by atoms with Crippen LogP contribution in [0, 0.1) is 0 Å². The van der Waals surface area contributed by atoms with E-state index in [1.165, 1.54) is 4.90 Å². The number of imide groups is 1. The molecule has 1 aliphatic heterocycles. The Balaban J connectivity index is 1.40. The topological polar surface area (TPSA) is 92.5 Å². The van der Waals surface area contributed by atoms with E-state index in [4.69, 9.17) is 4.52 Å². The van der Waals surface area contributed by atoms with Gasteiger partial charge >= 0.3 is 0 Å². The molecule has 2 aromatic carbocycles. The molecule has 0 atom stereocenters. The molecule has 0 bridgehead atoms. The number of amides is 3. The second-order valence-corrected chi connectivity index (χ2v) is 7.05. The molecule has 1 saturated heterocycles. The summed E-state index contributed by atoms with van der Waals surface area (Å²) in [5.74, 6) is 0.127. The van der Waals surface area contributed by atoms with Crippen LogP contribution in [0.4, 0.5) is 10.5 Å². The minimum Gasteiger partial charge on any atom is -0.355 e. The summed E-state index contributed by atoms with van der Waals surface area (Å²) >= 11 is 1.01. The Bertz CT molecular complexity index is 1020. The molecule has 0 spiro atoms. The van der Waals surface area contributed by atoms with Crippen LogP contribution in [0.3, 0.4) is 0 Å². The maximum absolute atomic E-state index is 12.4. The van der Waals surface area contributed by atoms with Crippen molar-refractivity contribution in [3.8, 4) is 11.3 Å². The lowest BCUT2D eigenvalue weighted by molar-refractivity contribution is -0.125. The van der Waals surface area contributed by atoms with Gasteiger partial charge in [-0.25, -0.2) is 0 Å². The van der Waals surface area contributed by atoms with Crippen molar-refractivity contribution in [2.75, 3.05) is 11.1 Å². The van der Waals surface area contributed by atoms with Crippen molar-refractivity contribution in [2.24, 2.45) is 0 Å². The summed E-state index contributed by atoms with van der Waals surface area (Å²) in [6.07, 6.45) is 0. The zero-order valence-corrected chi connectivity index (χ0v) is 15.4. The van der Waals surface area contributed by atoms with Crippen LogP contribution < -0.4 is 5.32 Å². The van der Waals surface area contributed by atoms with Gasteiger partial charge < -0.3 is 9.84 Å². The summed E-state index contributed by atoms with van der Waals surface area (Å²) in [6.45, 7) is 0.225. The fourth-order valence-corrected chi connectivity index (χ4v) is 3.45. The van der Waals surface area contributed by atoms with Crippen molar-refractivity contribution < 1.29 is 18.9 Å². The lowest BCUT2D eigenvalue weighted by Crippen LogP contribution is -2.27. The van der Waals surface area contributed by atoms with Gasteiger partial charge in [-0.05, 0) is 17.7 Å². The van der Waals surface area contributed by atoms with Crippen LogP contribution in [0.1, 0.15) is 16.1 Å². The third-order valence-electron chi connectivity index (χ3n) is 4.19. The highest BCUT2D eigenvalue weighted by molar-refractivity contribution is 8.14. The van der Waals surface area contributed by atoms with Crippen molar-refractivity contribution in [1.82, 2.24) is 10.1 Å². The van der Waals surface area contributed by atoms with Crippen molar-refractivity contribution in [1.29, 1.82) is 0 Å². The summed E-state index contributed by atoms with van der Waals surface area (Å²) in [5.41, 5.74) is 2.39. The van der Waals surface area contributed by atoms with Gasteiger partial charge in [0.15, 0.2) is 11.5 Å². The first-order valence-corrected chi connectivity index (χ1v) is 9.48. The molecule has 140 valence electrons. The Morgan fingerprint density at radius 1 is 1.11 bits per heavy atom. The summed E-state index contributed by atoms with van der Waals surface area (Å²) < 4.78 is 5.24. The Hall–Kier alpha value is -3.39. The van der Waals surface area contributed by atoms with Crippen LogP contribution in [0.25, 0.3) is 11.3 Å². The summed E-state index contributed by atoms with van der Waals surface area (Å²) in [5, 5.41) is 6.34. The third kappa shape index (κ3) is 3.81.